The molecule has 15 heteroatoms. The van der Waals surface area contributed by atoms with Gasteiger partial charge < -0.3 is 42.6 Å². The maximum atomic E-state index is 12.7. The van der Waals surface area contributed by atoms with Crippen LogP contribution in [0.1, 0.15) is 61.1 Å². The van der Waals surface area contributed by atoms with Crippen LogP contribution in [0, 0.1) is 5.41 Å². The van der Waals surface area contributed by atoms with E-state index in [-0.39, 0.29) is 96.6 Å². The minimum atomic E-state index is -0.705. The molecule has 0 spiro atoms. The zero-order valence-electron chi connectivity index (χ0n) is 39.9. The van der Waals surface area contributed by atoms with Crippen molar-refractivity contribution in [3.8, 4) is 17.2 Å². The van der Waals surface area contributed by atoms with Gasteiger partial charge in [-0.2, -0.15) is 0 Å². The molecule has 0 fully saturated rings. The molecular formula is C57H56O15. The van der Waals surface area contributed by atoms with Crippen LogP contribution in [0.5, 0.6) is 17.2 Å². The molecule has 0 aliphatic heterocycles. The van der Waals surface area contributed by atoms with Crippen molar-refractivity contribution in [2.45, 2.75) is 13.3 Å². The number of ether oxygens (including phenoxy) is 9. The molecule has 0 saturated heterocycles. The molecular weight excluding hydrogens is 925 g/mol. The number of rotatable bonds is 31. The summed E-state index contributed by atoms with van der Waals surface area (Å²) < 4.78 is 50.4. The molecule has 15 nitrogen and oxygen atoms in total. The fourth-order valence-electron chi connectivity index (χ4n) is 6.87. The second-order valence-corrected chi connectivity index (χ2v) is 16.2. The molecule has 6 aromatic rings. The van der Waals surface area contributed by atoms with Gasteiger partial charge in [-0.15, -0.1) is 0 Å². The highest BCUT2D eigenvalue weighted by Crippen LogP contribution is 2.25. The Morgan fingerprint density at radius 1 is 0.333 bits per heavy atom. The maximum absolute atomic E-state index is 12.7. The first-order chi connectivity index (χ1) is 35.1. The average Bonchev–Trinajstić information content (AvgIpc) is 3.43. The van der Waals surface area contributed by atoms with Gasteiger partial charge in [0.05, 0.1) is 39.6 Å². The number of carbonyl (C=O) groups is 6. The summed E-state index contributed by atoms with van der Waals surface area (Å²) in [6.45, 7) is 1.27. The van der Waals surface area contributed by atoms with Gasteiger partial charge in [-0.25, -0.2) is 14.4 Å². The third-order valence-electron chi connectivity index (χ3n) is 11.0. The van der Waals surface area contributed by atoms with Crippen molar-refractivity contribution < 1.29 is 71.4 Å². The van der Waals surface area contributed by atoms with Crippen LogP contribution in [0.25, 0.3) is 0 Å². The zero-order valence-corrected chi connectivity index (χ0v) is 39.9. The number of benzene rings is 6. The second kappa shape index (κ2) is 28.6. The van der Waals surface area contributed by atoms with Gasteiger partial charge in [0, 0.05) is 38.8 Å². The van der Waals surface area contributed by atoms with E-state index in [0.717, 1.165) is 0 Å². The Morgan fingerprint density at radius 2 is 0.583 bits per heavy atom. The lowest BCUT2D eigenvalue weighted by molar-refractivity contribution is -0.149. The number of ketones is 3. The summed E-state index contributed by atoms with van der Waals surface area (Å²) in [6.07, 6.45) is 0.531. The van der Waals surface area contributed by atoms with Crippen LogP contribution in [0.2, 0.25) is 0 Å². The highest BCUT2D eigenvalue weighted by atomic mass is 16.6. The minimum absolute atomic E-state index is 0.0527. The molecule has 0 aliphatic rings. The minimum Gasteiger partial charge on any atom is -0.482 e. The summed E-state index contributed by atoms with van der Waals surface area (Å²) in [7, 11) is 0. The maximum Gasteiger partial charge on any atom is 0.344 e. The molecule has 0 N–H and O–H groups in total. The summed E-state index contributed by atoms with van der Waals surface area (Å²) in [4.78, 5) is 75.5. The van der Waals surface area contributed by atoms with Crippen molar-refractivity contribution in [3.63, 3.8) is 0 Å². The summed E-state index contributed by atoms with van der Waals surface area (Å²) in [5.74, 6) is -1.04. The standard InChI is InChI=1S/C57H56O15/c1-2-57(39-64-30-33-67-51(58)36-70-48-24-18-45(19-25-48)54(61)42-12-6-3-7-13-42,40-65-31-34-68-52(59)37-71-49-26-20-46(21-27-49)55(62)43-14-8-4-9-15-43)41-66-32-35-69-53(60)38-72-50-28-22-47(23-29-50)56(63)44-16-10-5-11-17-44/h3-29H,2,30-41H2,1H3. The third-order valence-corrected chi connectivity index (χ3v) is 11.0. The largest absolute Gasteiger partial charge is 0.482 e. The third kappa shape index (κ3) is 17.5. The predicted octanol–water partition coefficient (Wildman–Crippen LogP) is 7.99. The molecule has 0 aromatic heterocycles. The van der Waals surface area contributed by atoms with E-state index in [2.05, 4.69) is 0 Å². The van der Waals surface area contributed by atoms with Crippen LogP contribution in [0.3, 0.4) is 0 Å². The van der Waals surface area contributed by atoms with Gasteiger partial charge in [-0.1, -0.05) is 97.9 Å². The number of esters is 3. The fraction of sp³-hybridized carbons (Fsp3) is 0.263. The van der Waals surface area contributed by atoms with Gasteiger partial charge in [0.1, 0.15) is 37.1 Å². The Kier molecular flexibility index (Phi) is 21.2. The number of hydrogen-bond acceptors (Lipinski definition) is 15. The van der Waals surface area contributed by atoms with Crippen molar-refractivity contribution in [2.75, 3.05) is 79.3 Å². The molecule has 0 atom stereocenters. The van der Waals surface area contributed by atoms with Gasteiger partial charge in [0.2, 0.25) is 0 Å². The molecule has 0 bridgehead atoms. The highest BCUT2D eigenvalue weighted by molar-refractivity contribution is 6.10. The SMILES string of the molecule is CCC(COCCOC(=O)COc1ccc(C(=O)c2ccccc2)cc1)(COCCOC(=O)COc1ccc(C(=O)c2ccccc2)cc1)COCCOC(=O)COc1ccc(C(=O)c2ccccc2)cc1. The van der Waals surface area contributed by atoms with Crippen LogP contribution in [-0.2, 0) is 42.8 Å². The normalized spacial score (nSPS) is 11.0. The van der Waals surface area contributed by atoms with E-state index < -0.39 is 23.3 Å². The monoisotopic (exact) mass is 980 g/mol. The van der Waals surface area contributed by atoms with Gasteiger partial charge >= 0.3 is 17.9 Å². The number of carbonyl (C=O) groups excluding carboxylic acids is 6. The average molecular weight is 981 g/mol. The Labute approximate surface area is 417 Å². The first kappa shape index (κ1) is 53.4. The first-order valence-electron chi connectivity index (χ1n) is 23.3. The molecule has 72 heavy (non-hydrogen) atoms. The van der Waals surface area contributed by atoms with Crippen LogP contribution >= 0.6 is 0 Å². The zero-order chi connectivity index (χ0) is 50.8. The van der Waals surface area contributed by atoms with E-state index in [9.17, 15) is 28.8 Å². The molecule has 6 aromatic carbocycles. The highest BCUT2D eigenvalue weighted by Gasteiger charge is 2.30. The van der Waals surface area contributed by atoms with E-state index in [1.165, 1.54) is 0 Å². The summed E-state index contributed by atoms with van der Waals surface area (Å²) in [6, 6.07) is 46.1. The summed E-state index contributed by atoms with van der Waals surface area (Å²) in [5, 5.41) is 0. The van der Waals surface area contributed by atoms with E-state index in [1.54, 1.807) is 146 Å². The summed E-state index contributed by atoms with van der Waals surface area (Å²) >= 11 is 0. The second-order valence-electron chi connectivity index (χ2n) is 16.2. The topological polar surface area (TPSA) is 185 Å². The smallest absolute Gasteiger partial charge is 0.344 e. The molecule has 0 saturated carbocycles. The summed E-state index contributed by atoms with van der Waals surface area (Å²) in [5.41, 5.74) is 2.44. The Morgan fingerprint density at radius 3 is 0.833 bits per heavy atom. The van der Waals surface area contributed by atoms with Crippen molar-refractivity contribution in [2.24, 2.45) is 5.41 Å². The molecule has 0 heterocycles. The van der Waals surface area contributed by atoms with E-state index in [0.29, 0.717) is 57.1 Å². The lowest BCUT2D eigenvalue weighted by atomic mass is 9.88. The van der Waals surface area contributed by atoms with Crippen LogP contribution in [0.15, 0.2) is 164 Å². The quantitative estimate of drug-likeness (QED) is 0.0177. The van der Waals surface area contributed by atoms with E-state index in [4.69, 9.17) is 42.6 Å². The van der Waals surface area contributed by atoms with Gasteiger partial charge in [-0.3, -0.25) is 14.4 Å². The van der Waals surface area contributed by atoms with Crippen LogP contribution in [0.4, 0.5) is 0 Å². The van der Waals surface area contributed by atoms with Crippen LogP contribution in [-0.4, -0.2) is 115 Å². The molecule has 6 rings (SSSR count). The fourth-order valence-corrected chi connectivity index (χ4v) is 6.87. The lowest BCUT2D eigenvalue weighted by Crippen LogP contribution is -2.38. The molecule has 0 aliphatic carbocycles. The Bertz CT molecular complexity index is 2350. The van der Waals surface area contributed by atoms with Crippen molar-refractivity contribution >= 4 is 35.3 Å². The molecule has 0 unspecified atom stereocenters. The van der Waals surface area contributed by atoms with Crippen LogP contribution < -0.4 is 14.2 Å². The van der Waals surface area contributed by atoms with Crippen molar-refractivity contribution in [3.05, 3.63) is 197 Å². The Balaban J connectivity index is 0.907. The predicted molar refractivity (Wildman–Crippen MR) is 263 cm³/mol. The van der Waals surface area contributed by atoms with Crippen molar-refractivity contribution in [1.29, 1.82) is 0 Å². The van der Waals surface area contributed by atoms with Crippen molar-refractivity contribution in [1.82, 2.24) is 0 Å². The first-order valence-corrected chi connectivity index (χ1v) is 23.3. The van der Waals surface area contributed by atoms with Gasteiger partial charge in [0.25, 0.3) is 0 Å². The molecule has 0 radical (unpaired) electrons. The van der Waals surface area contributed by atoms with E-state index in [1.807, 2.05) is 25.1 Å². The lowest BCUT2D eigenvalue weighted by Gasteiger charge is -2.32. The van der Waals surface area contributed by atoms with Gasteiger partial charge in [-0.05, 0) is 79.2 Å². The molecule has 374 valence electrons. The number of hydrogen-bond donors (Lipinski definition) is 0. The van der Waals surface area contributed by atoms with E-state index >= 15 is 0 Å². The Hall–Kier alpha value is -7.98. The van der Waals surface area contributed by atoms with Gasteiger partial charge in [0.15, 0.2) is 37.2 Å². The molecule has 0 amide bonds.